The Bertz CT molecular complexity index is 492. The van der Waals surface area contributed by atoms with Crippen molar-refractivity contribution in [2.45, 2.75) is 19.4 Å². The maximum absolute atomic E-state index is 11.8. The quantitative estimate of drug-likeness (QED) is 0.684. The minimum absolute atomic E-state index is 0.282. The van der Waals surface area contributed by atoms with Crippen LogP contribution in [0.4, 0.5) is 0 Å². The van der Waals surface area contributed by atoms with Crippen molar-refractivity contribution in [1.29, 1.82) is 0 Å². The summed E-state index contributed by atoms with van der Waals surface area (Å²) < 4.78 is 1.59. The van der Waals surface area contributed by atoms with Gasteiger partial charge in [0.15, 0.2) is 0 Å². The van der Waals surface area contributed by atoms with Gasteiger partial charge in [-0.3, -0.25) is 9.59 Å². The van der Waals surface area contributed by atoms with Crippen LogP contribution in [-0.4, -0.2) is 38.7 Å². The molecule has 0 spiro atoms. The van der Waals surface area contributed by atoms with Crippen molar-refractivity contribution in [3.05, 3.63) is 23.5 Å². The number of rotatable bonds is 5. The lowest BCUT2D eigenvalue weighted by Gasteiger charge is -2.13. The molecule has 0 saturated carbocycles. The highest BCUT2D eigenvalue weighted by Crippen LogP contribution is 2.06. The van der Waals surface area contributed by atoms with Crippen LogP contribution in [0.15, 0.2) is 12.1 Å². The van der Waals surface area contributed by atoms with Crippen LogP contribution in [0, 0.1) is 6.92 Å². The zero-order valence-corrected chi connectivity index (χ0v) is 10.0. The largest absolute Gasteiger partial charge is 0.481 e. The molecule has 0 unspecified atom stereocenters. The number of hydrogen-bond donors (Lipinski definition) is 3. The smallest absolute Gasteiger partial charge is 0.326 e. The summed E-state index contributed by atoms with van der Waals surface area (Å²) in [6, 6.07) is 1.82. The van der Waals surface area contributed by atoms with Crippen LogP contribution >= 0.6 is 0 Å². The van der Waals surface area contributed by atoms with Crippen molar-refractivity contribution in [3.8, 4) is 0 Å². The first-order valence-electron chi connectivity index (χ1n) is 5.20. The van der Waals surface area contributed by atoms with Crippen LogP contribution in [0.2, 0.25) is 0 Å². The second kappa shape index (κ2) is 5.35. The summed E-state index contributed by atoms with van der Waals surface area (Å²) in [6.45, 7) is 1.79. The normalized spacial score (nSPS) is 11.9. The highest BCUT2D eigenvalue weighted by atomic mass is 16.4. The fraction of sp³-hybridized carbons (Fsp3) is 0.364. The van der Waals surface area contributed by atoms with Gasteiger partial charge in [-0.05, 0) is 19.1 Å². The molecule has 1 heterocycles. The molecule has 98 valence electrons. The van der Waals surface area contributed by atoms with Gasteiger partial charge in [-0.25, -0.2) is 4.79 Å². The van der Waals surface area contributed by atoms with Crippen LogP contribution in [0.25, 0.3) is 0 Å². The topological polar surface area (TPSA) is 109 Å². The van der Waals surface area contributed by atoms with E-state index in [2.05, 4.69) is 5.32 Å². The molecule has 1 aromatic heterocycles. The molecule has 7 nitrogen and oxygen atoms in total. The number of nitrogens with one attached hydrogen (secondary N) is 1. The number of aromatic nitrogens is 1. The third-order valence-electron chi connectivity index (χ3n) is 2.59. The summed E-state index contributed by atoms with van der Waals surface area (Å²) in [5.41, 5.74) is 1.12. The molecule has 3 N–H and O–H groups in total. The zero-order valence-electron chi connectivity index (χ0n) is 10.0. The first kappa shape index (κ1) is 13.8. The Morgan fingerprint density at radius 3 is 2.33 bits per heavy atom. The van der Waals surface area contributed by atoms with Gasteiger partial charge >= 0.3 is 11.9 Å². The predicted octanol–water partition coefficient (Wildman–Crippen LogP) is -0.00878. The summed E-state index contributed by atoms with van der Waals surface area (Å²) in [6.07, 6.45) is -0.662. The van der Waals surface area contributed by atoms with Crippen molar-refractivity contribution in [1.82, 2.24) is 9.88 Å². The summed E-state index contributed by atoms with van der Waals surface area (Å²) in [4.78, 5) is 33.1. The van der Waals surface area contributed by atoms with E-state index in [1.54, 1.807) is 30.7 Å². The Morgan fingerprint density at radius 1 is 1.33 bits per heavy atom. The predicted molar refractivity (Wildman–Crippen MR) is 61.3 cm³/mol. The maximum Gasteiger partial charge on any atom is 0.326 e. The molecule has 7 heteroatoms. The van der Waals surface area contributed by atoms with Gasteiger partial charge in [-0.15, -0.1) is 0 Å². The Balaban J connectivity index is 2.82. The molecule has 0 aliphatic carbocycles. The van der Waals surface area contributed by atoms with Crippen LogP contribution in [0.3, 0.4) is 0 Å². The monoisotopic (exact) mass is 254 g/mol. The third kappa shape index (κ3) is 3.09. The van der Waals surface area contributed by atoms with Crippen molar-refractivity contribution in [2.75, 3.05) is 0 Å². The van der Waals surface area contributed by atoms with E-state index in [9.17, 15) is 14.4 Å². The molecule has 0 fully saturated rings. The van der Waals surface area contributed by atoms with Crippen molar-refractivity contribution < 1.29 is 24.6 Å². The molecular formula is C11H14N2O5. The van der Waals surface area contributed by atoms with Gasteiger partial charge in [0, 0.05) is 12.7 Å². The van der Waals surface area contributed by atoms with Gasteiger partial charge in [0.1, 0.15) is 11.7 Å². The lowest BCUT2D eigenvalue weighted by Crippen LogP contribution is -2.42. The fourth-order valence-corrected chi connectivity index (χ4v) is 1.45. The minimum Gasteiger partial charge on any atom is -0.481 e. The van der Waals surface area contributed by atoms with Gasteiger partial charge in [0.2, 0.25) is 0 Å². The molecule has 1 amide bonds. The average molecular weight is 254 g/mol. The standard InChI is InChI=1S/C11H14N2O5/c1-6-3-4-8(13(6)2)10(16)12-7(11(17)18)5-9(14)15/h3-4,7H,5H2,1-2H3,(H,12,16)(H,14,15)(H,17,18)/t7-/m0/s1. The van der Waals surface area contributed by atoms with Crippen LogP contribution in [0.5, 0.6) is 0 Å². The van der Waals surface area contributed by atoms with E-state index in [1.165, 1.54) is 0 Å². The molecule has 1 aromatic rings. The number of aryl methyl sites for hydroxylation is 1. The molecule has 0 aromatic carbocycles. The Labute approximate surface area is 103 Å². The SMILES string of the molecule is Cc1ccc(C(=O)N[C@@H](CC(=O)O)C(=O)O)n1C. The molecular weight excluding hydrogens is 240 g/mol. The highest BCUT2D eigenvalue weighted by molar-refractivity contribution is 5.96. The van der Waals surface area contributed by atoms with Gasteiger partial charge in [-0.1, -0.05) is 0 Å². The second-order valence-corrected chi connectivity index (χ2v) is 3.88. The van der Waals surface area contributed by atoms with Gasteiger partial charge in [-0.2, -0.15) is 0 Å². The lowest BCUT2D eigenvalue weighted by atomic mass is 10.2. The van der Waals surface area contributed by atoms with E-state index in [-0.39, 0.29) is 5.69 Å². The van der Waals surface area contributed by atoms with Gasteiger partial charge < -0.3 is 20.1 Å². The number of carboxylic acid groups (broad SMARTS) is 2. The second-order valence-electron chi connectivity index (χ2n) is 3.88. The molecule has 18 heavy (non-hydrogen) atoms. The Morgan fingerprint density at radius 2 is 1.94 bits per heavy atom. The number of aliphatic carboxylic acids is 2. The third-order valence-corrected chi connectivity index (χ3v) is 2.59. The maximum atomic E-state index is 11.8. The van der Waals surface area contributed by atoms with E-state index >= 15 is 0 Å². The summed E-state index contributed by atoms with van der Waals surface area (Å²) >= 11 is 0. The van der Waals surface area contributed by atoms with E-state index in [0.29, 0.717) is 0 Å². The van der Waals surface area contributed by atoms with Crippen molar-refractivity contribution >= 4 is 17.8 Å². The lowest BCUT2D eigenvalue weighted by molar-refractivity contribution is -0.145. The van der Waals surface area contributed by atoms with E-state index in [0.717, 1.165) is 5.69 Å². The fourth-order valence-electron chi connectivity index (χ4n) is 1.45. The average Bonchev–Trinajstić information content (AvgIpc) is 2.58. The molecule has 0 aliphatic rings. The molecule has 1 atom stereocenters. The van der Waals surface area contributed by atoms with Crippen LogP contribution in [-0.2, 0) is 16.6 Å². The van der Waals surface area contributed by atoms with Gasteiger partial charge in [0.05, 0.1) is 6.42 Å². The minimum atomic E-state index is -1.44. The van der Waals surface area contributed by atoms with E-state index in [1.807, 2.05) is 0 Å². The number of nitrogens with zero attached hydrogens (tertiary/aromatic N) is 1. The van der Waals surface area contributed by atoms with Crippen molar-refractivity contribution in [3.63, 3.8) is 0 Å². The molecule has 0 saturated heterocycles. The number of hydrogen-bond acceptors (Lipinski definition) is 3. The molecule has 1 rings (SSSR count). The number of carboxylic acids is 2. The number of amides is 1. The zero-order chi connectivity index (χ0) is 13.9. The van der Waals surface area contributed by atoms with Crippen LogP contribution < -0.4 is 5.32 Å². The first-order chi connectivity index (χ1) is 8.32. The number of carbonyl (C=O) groups excluding carboxylic acids is 1. The number of carbonyl (C=O) groups is 3. The summed E-state index contributed by atoms with van der Waals surface area (Å²) in [5, 5.41) is 19.5. The molecule has 0 bridgehead atoms. The summed E-state index contributed by atoms with van der Waals surface area (Å²) in [5.74, 6) is -3.28. The van der Waals surface area contributed by atoms with E-state index in [4.69, 9.17) is 10.2 Å². The molecule has 0 aliphatic heterocycles. The Kier molecular flexibility index (Phi) is 4.09. The first-order valence-corrected chi connectivity index (χ1v) is 5.20. The van der Waals surface area contributed by atoms with Crippen molar-refractivity contribution in [2.24, 2.45) is 7.05 Å². The summed E-state index contributed by atoms with van der Waals surface area (Å²) in [7, 11) is 1.66. The Hall–Kier alpha value is -2.31. The highest BCUT2D eigenvalue weighted by Gasteiger charge is 2.24. The van der Waals surface area contributed by atoms with Gasteiger partial charge in [0.25, 0.3) is 5.91 Å². The van der Waals surface area contributed by atoms with Crippen LogP contribution in [0.1, 0.15) is 22.6 Å². The van der Waals surface area contributed by atoms with E-state index < -0.39 is 30.3 Å². The molecule has 0 radical (unpaired) electrons.